The average molecular weight is 460 g/mol. The van der Waals surface area contributed by atoms with E-state index in [1.165, 1.54) is 16.7 Å². The van der Waals surface area contributed by atoms with Crippen LogP contribution in [0.15, 0.2) is 85.1 Å². The van der Waals surface area contributed by atoms with Gasteiger partial charge >= 0.3 is 0 Å². The number of anilines is 1. The van der Waals surface area contributed by atoms with E-state index in [4.69, 9.17) is 0 Å². The number of hydrogen-bond donors (Lipinski definition) is 1. The third kappa shape index (κ3) is 3.75. The maximum atomic E-state index is 13.9. The Bertz CT molecular complexity index is 1540. The zero-order valence-corrected chi connectivity index (χ0v) is 20.2. The molecule has 0 aliphatic carbocycles. The van der Waals surface area contributed by atoms with Crippen LogP contribution >= 0.6 is 0 Å². The highest BCUT2D eigenvalue weighted by Crippen LogP contribution is 2.39. The van der Waals surface area contributed by atoms with Crippen LogP contribution < -0.4 is 5.32 Å². The number of hydrogen-bond acceptors (Lipinski definition) is 1. The van der Waals surface area contributed by atoms with E-state index in [1.807, 2.05) is 37.3 Å². The first-order valence-corrected chi connectivity index (χ1v) is 12.4. The number of aryl methyl sites for hydroxylation is 4. The summed E-state index contributed by atoms with van der Waals surface area (Å²) in [6, 6.07) is 27.0. The van der Waals surface area contributed by atoms with Gasteiger partial charge < -0.3 is 9.88 Å². The molecule has 0 fully saturated rings. The van der Waals surface area contributed by atoms with Crippen molar-refractivity contribution >= 4 is 17.2 Å². The van der Waals surface area contributed by atoms with Crippen LogP contribution in [-0.4, -0.2) is 14.9 Å². The highest BCUT2D eigenvalue weighted by molar-refractivity contribution is 6.10. The van der Waals surface area contributed by atoms with Crippen molar-refractivity contribution in [3.63, 3.8) is 0 Å². The molecule has 3 aromatic carbocycles. The summed E-state index contributed by atoms with van der Waals surface area (Å²) in [5.74, 6) is -0.0797. The molecule has 1 N–H and O–H groups in total. The predicted octanol–water partition coefficient (Wildman–Crippen LogP) is 7.28. The molecule has 1 amide bonds. The van der Waals surface area contributed by atoms with Gasteiger partial charge in [-0.1, -0.05) is 72.3 Å². The Labute approximate surface area is 205 Å². The van der Waals surface area contributed by atoms with Crippen molar-refractivity contribution in [3.05, 3.63) is 107 Å². The fourth-order valence-corrected chi connectivity index (χ4v) is 5.39. The lowest BCUT2D eigenvalue weighted by Gasteiger charge is -2.10. The van der Waals surface area contributed by atoms with Gasteiger partial charge in [-0.2, -0.15) is 0 Å². The third-order valence-electron chi connectivity index (χ3n) is 7.03. The number of nitrogens with one attached hydrogen (secondary N) is 1. The molecule has 5 aromatic rings. The number of rotatable bonds is 4. The van der Waals surface area contributed by atoms with Crippen molar-refractivity contribution in [1.82, 2.24) is 8.97 Å². The van der Waals surface area contributed by atoms with Crippen molar-refractivity contribution in [2.75, 3.05) is 5.32 Å². The Hall–Kier alpha value is -4.05. The van der Waals surface area contributed by atoms with Gasteiger partial charge in [-0.05, 0) is 61.9 Å². The lowest BCUT2D eigenvalue weighted by Crippen LogP contribution is -2.15. The van der Waals surface area contributed by atoms with Crippen LogP contribution in [0.2, 0.25) is 0 Å². The minimum atomic E-state index is -0.0797. The Morgan fingerprint density at radius 3 is 2.40 bits per heavy atom. The number of amides is 1. The maximum Gasteiger partial charge on any atom is 0.273 e. The molecular formula is C31H29N3O. The molecule has 3 heterocycles. The van der Waals surface area contributed by atoms with E-state index >= 15 is 0 Å². The third-order valence-corrected chi connectivity index (χ3v) is 7.03. The molecule has 35 heavy (non-hydrogen) atoms. The fraction of sp³-hybridized carbons (Fsp3) is 0.194. The minimum Gasteiger partial charge on any atom is -0.325 e. The molecular weight excluding hydrogens is 430 g/mol. The SMILES string of the molecule is Cc1ccc(-c2cn3c(C(=O)Nc4cccc(C)c4)c(-c4ccccc4)c4c3n2CCCC4)cc1. The summed E-state index contributed by atoms with van der Waals surface area (Å²) in [6.07, 6.45) is 5.35. The highest BCUT2D eigenvalue weighted by Gasteiger charge is 2.29. The summed E-state index contributed by atoms with van der Waals surface area (Å²) in [6.45, 7) is 5.10. The Morgan fingerprint density at radius 2 is 1.63 bits per heavy atom. The van der Waals surface area contributed by atoms with Crippen LogP contribution in [0.1, 0.15) is 40.0 Å². The smallest absolute Gasteiger partial charge is 0.273 e. The summed E-state index contributed by atoms with van der Waals surface area (Å²) < 4.78 is 4.56. The van der Waals surface area contributed by atoms with E-state index < -0.39 is 0 Å². The quantitative estimate of drug-likeness (QED) is 0.301. The molecule has 0 radical (unpaired) electrons. The first kappa shape index (κ1) is 21.5. The van der Waals surface area contributed by atoms with Gasteiger partial charge in [0.25, 0.3) is 5.91 Å². The van der Waals surface area contributed by atoms with Crippen molar-refractivity contribution in [2.45, 2.75) is 39.7 Å². The zero-order valence-electron chi connectivity index (χ0n) is 20.2. The van der Waals surface area contributed by atoms with Crippen LogP contribution in [0.3, 0.4) is 0 Å². The molecule has 0 saturated carbocycles. The molecule has 1 aliphatic rings. The van der Waals surface area contributed by atoms with Gasteiger partial charge in [-0.3, -0.25) is 9.20 Å². The van der Waals surface area contributed by atoms with Gasteiger partial charge in [0.05, 0.1) is 5.69 Å². The highest BCUT2D eigenvalue weighted by atomic mass is 16.1. The summed E-state index contributed by atoms with van der Waals surface area (Å²) in [7, 11) is 0. The normalized spacial score (nSPS) is 13.1. The van der Waals surface area contributed by atoms with Crippen molar-refractivity contribution in [3.8, 4) is 22.4 Å². The Balaban J connectivity index is 1.60. The minimum absolute atomic E-state index is 0.0797. The van der Waals surface area contributed by atoms with Gasteiger partial charge in [-0.15, -0.1) is 0 Å². The first-order valence-electron chi connectivity index (χ1n) is 12.4. The average Bonchev–Trinajstić information content (AvgIpc) is 3.28. The monoisotopic (exact) mass is 459 g/mol. The van der Waals surface area contributed by atoms with Crippen molar-refractivity contribution in [2.24, 2.45) is 0 Å². The molecule has 0 spiro atoms. The largest absolute Gasteiger partial charge is 0.325 e. The van der Waals surface area contributed by atoms with E-state index in [9.17, 15) is 4.79 Å². The number of carbonyl (C=O) groups is 1. The summed E-state index contributed by atoms with van der Waals surface area (Å²) in [5.41, 5.74) is 10.8. The second-order valence-electron chi connectivity index (χ2n) is 9.57. The molecule has 0 bridgehead atoms. The molecule has 0 atom stereocenters. The Morgan fingerprint density at radius 1 is 0.829 bits per heavy atom. The van der Waals surface area contributed by atoms with Crippen LogP contribution in [0, 0.1) is 13.8 Å². The second kappa shape index (κ2) is 8.62. The summed E-state index contributed by atoms with van der Waals surface area (Å²) >= 11 is 0. The molecule has 174 valence electrons. The molecule has 4 nitrogen and oxygen atoms in total. The van der Waals surface area contributed by atoms with E-state index in [2.05, 4.69) is 75.9 Å². The topological polar surface area (TPSA) is 38.4 Å². The van der Waals surface area contributed by atoms with E-state index in [-0.39, 0.29) is 5.91 Å². The lowest BCUT2D eigenvalue weighted by molar-refractivity contribution is 0.102. The zero-order chi connectivity index (χ0) is 23.9. The van der Waals surface area contributed by atoms with Gasteiger partial charge in [-0.25, -0.2) is 0 Å². The van der Waals surface area contributed by atoms with Crippen LogP contribution in [0.25, 0.3) is 28.0 Å². The molecule has 2 aromatic heterocycles. The molecule has 4 heteroatoms. The standard InChI is InChI=1S/C31H29N3O/c1-21-14-16-23(17-15-21)27-20-34-29(30(35)32-25-12-8-9-22(2)19-25)28(24-10-4-3-5-11-24)26-13-6-7-18-33(27)31(26)34/h3-5,8-12,14-17,19-20H,6-7,13,18H2,1-2H3,(H,32,35). The number of benzene rings is 3. The maximum absolute atomic E-state index is 13.9. The number of carbonyl (C=O) groups excluding carboxylic acids is 1. The van der Waals surface area contributed by atoms with Gasteiger partial charge in [0.2, 0.25) is 0 Å². The number of imidazole rings is 1. The predicted molar refractivity (Wildman–Crippen MR) is 143 cm³/mol. The van der Waals surface area contributed by atoms with Crippen LogP contribution in [-0.2, 0) is 13.0 Å². The van der Waals surface area contributed by atoms with E-state index in [1.54, 1.807) is 0 Å². The summed E-state index contributed by atoms with van der Waals surface area (Å²) in [4.78, 5) is 13.9. The molecule has 6 rings (SSSR count). The van der Waals surface area contributed by atoms with Crippen molar-refractivity contribution < 1.29 is 4.79 Å². The molecule has 0 unspecified atom stereocenters. The van der Waals surface area contributed by atoms with Gasteiger partial charge in [0.1, 0.15) is 11.3 Å². The summed E-state index contributed by atoms with van der Waals surface area (Å²) in [5, 5.41) is 3.18. The van der Waals surface area contributed by atoms with Crippen LogP contribution in [0.5, 0.6) is 0 Å². The van der Waals surface area contributed by atoms with Crippen molar-refractivity contribution in [1.29, 1.82) is 0 Å². The number of aromatic nitrogens is 2. The van der Waals surface area contributed by atoms with Gasteiger partial charge in [0, 0.05) is 29.6 Å². The van der Waals surface area contributed by atoms with Gasteiger partial charge in [0.15, 0.2) is 0 Å². The molecule has 0 saturated heterocycles. The van der Waals surface area contributed by atoms with E-state index in [0.717, 1.165) is 59.5 Å². The molecule has 1 aliphatic heterocycles. The number of nitrogens with zero attached hydrogens (tertiary/aromatic N) is 2. The Kier molecular flexibility index (Phi) is 5.29. The second-order valence-corrected chi connectivity index (χ2v) is 9.57. The fourth-order valence-electron chi connectivity index (χ4n) is 5.39. The first-order chi connectivity index (χ1) is 17.1. The van der Waals surface area contributed by atoms with Crippen LogP contribution in [0.4, 0.5) is 5.69 Å². The van der Waals surface area contributed by atoms with E-state index in [0.29, 0.717) is 5.69 Å². The lowest BCUT2D eigenvalue weighted by atomic mass is 9.98.